The summed E-state index contributed by atoms with van der Waals surface area (Å²) in [5, 5.41) is 13.4. The summed E-state index contributed by atoms with van der Waals surface area (Å²) >= 11 is 0. The molecule has 1 heterocycles. The van der Waals surface area contributed by atoms with Gasteiger partial charge in [-0.05, 0) is 26.0 Å². The topological polar surface area (TPSA) is 41.5 Å². The molecule has 3 nitrogen and oxygen atoms in total. The monoisotopic (exact) mass is 323 g/mol. The maximum atomic E-state index is 13.1. The van der Waals surface area contributed by atoms with Crippen molar-refractivity contribution in [2.45, 2.75) is 31.7 Å². The zero-order valence-corrected chi connectivity index (χ0v) is 11.8. The van der Waals surface area contributed by atoms with Gasteiger partial charge in [-0.1, -0.05) is 0 Å². The normalized spacial score (nSPS) is 31.8. The number of benzene rings is 1. The molecule has 102 valence electrons. The van der Waals surface area contributed by atoms with Gasteiger partial charge in [0.2, 0.25) is 5.79 Å². The lowest BCUT2D eigenvalue weighted by molar-refractivity contribution is -0.253. The van der Waals surface area contributed by atoms with Crippen LogP contribution in [0.1, 0.15) is 19.4 Å². The molecule has 1 aromatic rings. The standard InChI is InChI=1S/C12H15F2NO2.BrH/c1-7-6-17-12(16,8(2)15-7)9-3-10(13)5-11(14)4-9;/h3-5,7-8,15-16H,6H2,1-2H3;1H/t7-,8?,12?;/m0./s1. The minimum atomic E-state index is -1.70. The molecule has 2 N–H and O–H groups in total. The van der Waals surface area contributed by atoms with E-state index in [0.29, 0.717) is 0 Å². The highest BCUT2D eigenvalue weighted by molar-refractivity contribution is 8.93. The molecule has 0 radical (unpaired) electrons. The van der Waals surface area contributed by atoms with Crippen molar-refractivity contribution < 1.29 is 18.6 Å². The molecule has 1 aliphatic rings. The van der Waals surface area contributed by atoms with E-state index in [-0.39, 0.29) is 35.2 Å². The molecule has 0 aliphatic carbocycles. The van der Waals surface area contributed by atoms with Gasteiger partial charge in [0.1, 0.15) is 11.6 Å². The Morgan fingerprint density at radius 1 is 1.28 bits per heavy atom. The van der Waals surface area contributed by atoms with Crippen molar-refractivity contribution in [1.82, 2.24) is 5.32 Å². The van der Waals surface area contributed by atoms with Gasteiger partial charge in [-0.2, -0.15) is 0 Å². The molecule has 1 aliphatic heterocycles. The summed E-state index contributed by atoms with van der Waals surface area (Å²) in [5.74, 6) is -3.17. The minimum Gasteiger partial charge on any atom is -0.361 e. The van der Waals surface area contributed by atoms with Crippen LogP contribution in [0.2, 0.25) is 0 Å². The molecule has 0 amide bonds. The predicted molar refractivity (Wildman–Crippen MR) is 68.6 cm³/mol. The van der Waals surface area contributed by atoms with Gasteiger partial charge in [0.15, 0.2) is 0 Å². The van der Waals surface area contributed by atoms with Gasteiger partial charge in [0.25, 0.3) is 0 Å². The lowest BCUT2D eigenvalue weighted by Crippen LogP contribution is -2.58. The van der Waals surface area contributed by atoms with Crippen molar-refractivity contribution in [2.24, 2.45) is 0 Å². The van der Waals surface area contributed by atoms with E-state index in [2.05, 4.69) is 5.32 Å². The Labute approximate surface area is 115 Å². The van der Waals surface area contributed by atoms with Crippen molar-refractivity contribution in [3.63, 3.8) is 0 Å². The van der Waals surface area contributed by atoms with Crippen molar-refractivity contribution in [3.05, 3.63) is 35.4 Å². The second kappa shape index (κ2) is 5.61. The van der Waals surface area contributed by atoms with Crippen LogP contribution < -0.4 is 5.32 Å². The third-order valence-corrected chi connectivity index (χ3v) is 2.95. The molecule has 18 heavy (non-hydrogen) atoms. The summed E-state index contributed by atoms with van der Waals surface area (Å²) in [5.41, 5.74) is 0.0851. The molecule has 0 bridgehead atoms. The zero-order chi connectivity index (χ0) is 12.6. The summed E-state index contributed by atoms with van der Waals surface area (Å²) in [6.45, 7) is 3.89. The van der Waals surface area contributed by atoms with Crippen molar-refractivity contribution >= 4 is 17.0 Å². The van der Waals surface area contributed by atoms with Crippen LogP contribution in [0.4, 0.5) is 8.78 Å². The number of nitrogens with one attached hydrogen (secondary N) is 1. The quantitative estimate of drug-likeness (QED) is 0.831. The summed E-state index contributed by atoms with van der Waals surface area (Å²) in [7, 11) is 0. The second-order valence-corrected chi connectivity index (χ2v) is 4.45. The van der Waals surface area contributed by atoms with Gasteiger partial charge in [0, 0.05) is 17.7 Å². The highest BCUT2D eigenvalue weighted by atomic mass is 79.9. The lowest BCUT2D eigenvalue weighted by Gasteiger charge is -2.41. The fraction of sp³-hybridized carbons (Fsp3) is 0.500. The van der Waals surface area contributed by atoms with Gasteiger partial charge in [-0.25, -0.2) is 8.78 Å². The summed E-state index contributed by atoms with van der Waals surface area (Å²) in [6, 6.07) is 2.56. The smallest absolute Gasteiger partial charge is 0.208 e. The number of aliphatic hydroxyl groups is 1. The van der Waals surface area contributed by atoms with Crippen LogP contribution in [0, 0.1) is 11.6 Å². The van der Waals surface area contributed by atoms with E-state index in [1.807, 2.05) is 6.92 Å². The molecular weight excluding hydrogens is 308 g/mol. The Morgan fingerprint density at radius 2 is 1.83 bits per heavy atom. The van der Waals surface area contributed by atoms with Crippen LogP contribution in [0.15, 0.2) is 18.2 Å². The van der Waals surface area contributed by atoms with E-state index >= 15 is 0 Å². The van der Waals surface area contributed by atoms with Crippen LogP contribution in [0.3, 0.4) is 0 Å². The number of rotatable bonds is 1. The highest BCUT2D eigenvalue weighted by Gasteiger charge is 2.41. The number of ether oxygens (including phenoxy) is 1. The molecule has 0 saturated carbocycles. The fourth-order valence-electron chi connectivity index (χ4n) is 2.06. The summed E-state index contributed by atoms with van der Waals surface area (Å²) in [4.78, 5) is 0. The molecule has 0 spiro atoms. The Kier molecular flexibility index (Phi) is 4.83. The van der Waals surface area contributed by atoms with Gasteiger partial charge in [-0.3, -0.25) is 0 Å². The Balaban J connectivity index is 0.00000162. The molecule has 1 aromatic carbocycles. The third kappa shape index (κ3) is 2.88. The molecule has 2 rings (SSSR count). The molecule has 1 fully saturated rings. The molecule has 3 atom stereocenters. The van der Waals surface area contributed by atoms with Crippen molar-refractivity contribution in [2.75, 3.05) is 6.61 Å². The summed E-state index contributed by atoms with van der Waals surface area (Å²) in [6.07, 6.45) is 0. The van der Waals surface area contributed by atoms with Crippen LogP contribution in [-0.2, 0) is 10.5 Å². The van der Waals surface area contributed by atoms with Crippen LogP contribution in [0.25, 0.3) is 0 Å². The molecular formula is C12H16BrF2NO2. The average Bonchev–Trinajstić information content (AvgIpc) is 2.22. The van der Waals surface area contributed by atoms with Crippen LogP contribution >= 0.6 is 17.0 Å². The highest BCUT2D eigenvalue weighted by Crippen LogP contribution is 2.30. The Bertz CT molecular complexity index is 412. The first kappa shape index (κ1) is 15.5. The maximum absolute atomic E-state index is 13.1. The molecule has 0 aromatic heterocycles. The summed E-state index contributed by atoms with van der Waals surface area (Å²) < 4.78 is 31.6. The second-order valence-electron chi connectivity index (χ2n) is 4.45. The van der Waals surface area contributed by atoms with Gasteiger partial charge in [0.05, 0.1) is 12.6 Å². The van der Waals surface area contributed by atoms with E-state index in [0.717, 1.165) is 18.2 Å². The molecule has 2 unspecified atom stereocenters. The van der Waals surface area contributed by atoms with Crippen LogP contribution in [0.5, 0.6) is 0 Å². The SMILES string of the molecule is Br.CC1N[C@@H](C)COC1(O)c1cc(F)cc(F)c1. The van der Waals surface area contributed by atoms with Crippen molar-refractivity contribution in [1.29, 1.82) is 0 Å². The zero-order valence-electron chi connectivity index (χ0n) is 10.1. The van der Waals surface area contributed by atoms with E-state index in [4.69, 9.17) is 4.74 Å². The Hall–Kier alpha value is -0.560. The lowest BCUT2D eigenvalue weighted by atomic mass is 9.96. The van der Waals surface area contributed by atoms with E-state index in [9.17, 15) is 13.9 Å². The van der Waals surface area contributed by atoms with E-state index < -0.39 is 23.5 Å². The van der Waals surface area contributed by atoms with Gasteiger partial charge in [-0.15, -0.1) is 17.0 Å². The fourth-order valence-corrected chi connectivity index (χ4v) is 2.06. The number of hydrogen-bond acceptors (Lipinski definition) is 3. The predicted octanol–water partition coefficient (Wildman–Crippen LogP) is 2.08. The largest absolute Gasteiger partial charge is 0.361 e. The van der Waals surface area contributed by atoms with Gasteiger partial charge < -0.3 is 15.2 Å². The number of hydrogen-bond donors (Lipinski definition) is 2. The van der Waals surface area contributed by atoms with Crippen LogP contribution in [-0.4, -0.2) is 23.8 Å². The maximum Gasteiger partial charge on any atom is 0.208 e. The number of halogens is 3. The van der Waals surface area contributed by atoms with E-state index in [1.165, 1.54) is 0 Å². The average molecular weight is 324 g/mol. The molecule has 1 saturated heterocycles. The number of morpholine rings is 1. The molecule has 6 heteroatoms. The third-order valence-electron chi connectivity index (χ3n) is 2.95. The van der Waals surface area contributed by atoms with Gasteiger partial charge >= 0.3 is 0 Å². The first-order valence-electron chi connectivity index (χ1n) is 5.51. The first-order valence-corrected chi connectivity index (χ1v) is 5.51. The van der Waals surface area contributed by atoms with Crippen molar-refractivity contribution in [3.8, 4) is 0 Å². The Morgan fingerprint density at radius 3 is 2.33 bits per heavy atom. The van der Waals surface area contributed by atoms with E-state index in [1.54, 1.807) is 6.92 Å². The first-order chi connectivity index (χ1) is 7.91. The minimum absolute atomic E-state index is 0.